The van der Waals surface area contributed by atoms with Crippen LogP contribution in [-0.2, 0) is 4.79 Å². The maximum absolute atomic E-state index is 12.1. The molecule has 0 spiro atoms. The van der Waals surface area contributed by atoms with Gasteiger partial charge in [-0.2, -0.15) is 0 Å². The molecule has 1 saturated heterocycles. The van der Waals surface area contributed by atoms with Crippen LogP contribution in [0.15, 0.2) is 12.7 Å². The van der Waals surface area contributed by atoms with Gasteiger partial charge in [-0.3, -0.25) is 9.69 Å². The first-order valence-corrected chi connectivity index (χ1v) is 5.40. The monoisotopic (exact) mass is 211 g/mol. The molecule has 2 atom stereocenters. The molecular formula is C11H21N3O. The van der Waals surface area contributed by atoms with Gasteiger partial charge < -0.3 is 10.6 Å². The summed E-state index contributed by atoms with van der Waals surface area (Å²) in [5, 5.41) is 0. The molecule has 1 aliphatic rings. The van der Waals surface area contributed by atoms with Crippen molar-refractivity contribution < 1.29 is 4.79 Å². The van der Waals surface area contributed by atoms with Crippen LogP contribution < -0.4 is 5.73 Å². The molecule has 1 fully saturated rings. The largest absolute Gasteiger partial charge is 0.337 e. The number of hydrogen-bond donors (Lipinski definition) is 1. The van der Waals surface area contributed by atoms with Crippen LogP contribution in [-0.4, -0.2) is 55.0 Å². The third-order valence-electron chi connectivity index (χ3n) is 2.83. The second-order valence-corrected chi connectivity index (χ2v) is 4.33. The van der Waals surface area contributed by atoms with Gasteiger partial charge in [-0.15, -0.1) is 6.58 Å². The van der Waals surface area contributed by atoms with Crippen molar-refractivity contribution in [2.75, 3.05) is 33.2 Å². The highest BCUT2D eigenvalue weighted by molar-refractivity contribution is 5.82. The average Bonchev–Trinajstić information content (AvgIpc) is 2.26. The smallest absolute Gasteiger partial charge is 0.241 e. The van der Waals surface area contributed by atoms with E-state index in [1.165, 1.54) is 0 Å². The van der Waals surface area contributed by atoms with Gasteiger partial charge in [0.15, 0.2) is 0 Å². The van der Waals surface area contributed by atoms with Gasteiger partial charge in [-0.25, -0.2) is 0 Å². The van der Waals surface area contributed by atoms with Crippen molar-refractivity contribution in [2.45, 2.75) is 13.0 Å². The Hall–Kier alpha value is -0.870. The van der Waals surface area contributed by atoms with Gasteiger partial charge in [0.25, 0.3) is 0 Å². The molecule has 1 rings (SSSR count). The Bertz CT molecular complexity index is 242. The molecule has 15 heavy (non-hydrogen) atoms. The van der Waals surface area contributed by atoms with Crippen molar-refractivity contribution in [3.63, 3.8) is 0 Å². The standard InChI is InChI=1S/C11H21N3O/c1-4-5-14-8-9(2)7-13(3)10(6-12)11(14)15/h4,9-10H,1,5-8,12H2,2-3H3. The molecule has 1 heterocycles. The predicted molar refractivity (Wildman–Crippen MR) is 61.4 cm³/mol. The predicted octanol–water partition coefficient (Wildman–Crippen LogP) is -0.0902. The summed E-state index contributed by atoms with van der Waals surface area (Å²) in [6.07, 6.45) is 1.77. The number of nitrogens with zero attached hydrogens (tertiary/aromatic N) is 2. The summed E-state index contributed by atoms with van der Waals surface area (Å²) >= 11 is 0. The van der Waals surface area contributed by atoms with E-state index in [0.29, 0.717) is 19.0 Å². The fraction of sp³-hybridized carbons (Fsp3) is 0.727. The maximum Gasteiger partial charge on any atom is 0.241 e. The topological polar surface area (TPSA) is 49.6 Å². The quantitative estimate of drug-likeness (QED) is 0.664. The summed E-state index contributed by atoms with van der Waals surface area (Å²) in [7, 11) is 1.96. The van der Waals surface area contributed by atoms with Crippen molar-refractivity contribution in [1.29, 1.82) is 0 Å². The zero-order valence-corrected chi connectivity index (χ0v) is 9.65. The molecule has 0 bridgehead atoms. The van der Waals surface area contributed by atoms with E-state index in [-0.39, 0.29) is 11.9 Å². The van der Waals surface area contributed by atoms with E-state index in [9.17, 15) is 4.79 Å². The number of carbonyl (C=O) groups is 1. The molecular weight excluding hydrogens is 190 g/mol. The average molecular weight is 211 g/mol. The minimum atomic E-state index is -0.171. The molecule has 0 saturated carbocycles. The second kappa shape index (κ2) is 5.28. The van der Waals surface area contributed by atoms with Crippen LogP contribution in [0.25, 0.3) is 0 Å². The minimum Gasteiger partial charge on any atom is -0.337 e. The summed E-state index contributed by atoms with van der Waals surface area (Å²) in [5.41, 5.74) is 5.64. The zero-order valence-electron chi connectivity index (χ0n) is 9.65. The normalized spacial score (nSPS) is 29.0. The first-order chi connectivity index (χ1) is 7.10. The van der Waals surface area contributed by atoms with Gasteiger partial charge in [0.2, 0.25) is 5.91 Å². The Kier molecular flexibility index (Phi) is 4.29. The van der Waals surface area contributed by atoms with Crippen molar-refractivity contribution in [1.82, 2.24) is 9.80 Å². The lowest BCUT2D eigenvalue weighted by Gasteiger charge is -2.26. The van der Waals surface area contributed by atoms with Crippen LogP contribution >= 0.6 is 0 Å². The van der Waals surface area contributed by atoms with Crippen molar-refractivity contribution >= 4 is 5.91 Å². The minimum absolute atomic E-state index is 0.129. The van der Waals surface area contributed by atoms with E-state index in [1.807, 2.05) is 11.9 Å². The molecule has 2 N–H and O–H groups in total. The lowest BCUT2D eigenvalue weighted by Crippen LogP contribution is -2.48. The summed E-state index contributed by atoms with van der Waals surface area (Å²) in [6, 6.07) is -0.171. The summed E-state index contributed by atoms with van der Waals surface area (Å²) in [5.74, 6) is 0.611. The highest BCUT2D eigenvalue weighted by Gasteiger charge is 2.31. The van der Waals surface area contributed by atoms with E-state index in [1.54, 1.807) is 6.08 Å². The van der Waals surface area contributed by atoms with Crippen molar-refractivity contribution in [3.05, 3.63) is 12.7 Å². The van der Waals surface area contributed by atoms with Gasteiger partial charge in [-0.1, -0.05) is 13.0 Å². The first kappa shape index (κ1) is 12.2. The van der Waals surface area contributed by atoms with Crippen LogP contribution in [0, 0.1) is 5.92 Å². The van der Waals surface area contributed by atoms with E-state index < -0.39 is 0 Å². The third-order valence-corrected chi connectivity index (χ3v) is 2.83. The molecule has 86 valence electrons. The number of likely N-dealkylation sites (N-methyl/N-ethyl adjacent to an activating group) is 1. The molecule has 4 nitrogen and oxygen atoms in total. The number of amides is 1. The summed E-state index contributed by atoms with van der Waals surface area (Å²) in [6.45, 7) is 8.55. The van der Waals surface area contributed by atoms with E-state index in [0.717, 1.165) is 13.1 Å². The van der Waals surface area contributed by atoms with Gasteiger partial charge in [-0.05, 0) is 13.0 Å². The Balaban J connectivity index is 2.81. The number of carbonyl (C=O) groups excluding carboxylic acids is 1. The van der Waals surface area contributed by atoms with Crippen LogP contribution in [0.1, 0.15) is 6.92 Å². The first-order valence-electron chi connectivity index (χ1n) is 5.40. The number of hydrogen-bond acceptors (Lipinski definition) is 3. The van der Waals surface area contributed by atoms with Gasteiger partial charge in [0.05, 0.1) is 0 Å². The third kappa shape index (κ3) is 2.79. The van der Waals surface area contributed by atoms with Crippen LogP contribution in [0.3, 0.4) is 0 Å². The molecule has 0 aliphatic carbocycles. The summed E-state index contributed by atoms with van der Waals surface area (Å²) < 4.78 is 0. The maximum atomic E-state index is 12.1. The SMILES string of the molecule is C=CCN1CC(C)CN(C)C(CN)C1=O. The van der Waals surface area contributed by atoms with E-state index in [4.69, 9.17) is 5.73 Å². The van der Waals surface area contributed by atoms with Crippen LogP contribution in [0.2, 0.25) is 0 Å². The number of nitrogens with two attached hydrogens (primary N) is 1. The van der Waals surface area contributed by atoms with Gasteiger partial charge in [0, 0.05) is 26.2 Å². The Labute approximate surface area is 91.7 Å². The zero-order chi connectivity index (χ0) is 11.4. The van der Waals surface area contributed by atoms with Crippen LogP contribution in [0.4, 0.5) is 0 Å². The molecule has 0 aromatic rings. The highest BCUT2D eigenvalue weighted by Crippen LogP contribution is 2.13. The molecule has 2 unspecified atom stereocenters. The second-order valence-electron chi connectivity index (χ2n) is 4.33. The van der Waals surface area contributed by atoms with Crippen molar-refractivity contribution in [3.8, 4) is 0 Å². The Morgan fingerprint density at radius 3 is 2.80 bits per heavy atom. The molecule has 1 amide bonds. The Morgan fingerprint density at radius 1 is 1.60 bits per heavy atom. The summed E-state index contributed by atoms with van der Waals surface area (Å²) in [4.78, 5) is 16.0. The number of rotatable bonds is 3. The van der Waals surface area contributed by atoms with E-state index in [2.05, 4.69) is 18.4 Å². The van der Waals surface area contributed by atoms with Crippen molar-refractivity contribution in [2.24, 2.45) is 11.7 Å². The lowest BCUT2D eigenvalue weighted by molar-refractivity contribution is -0.134. The Morgan fingerprint density at radius 2 is 2.27 bits per heavy atom. The molecule has 0 aromatic heterocycles. The lowest BCUT2D eigenvalue weighted by atomic mass is 10.1. The fourth-order valence-corrected chi connectivity index (χ4v) is 2.14. The molecule has 0 radical (unpaired) electrons. The van der Waals surface area contributed by atoms with E-state index >= 15 is 0 Å². The highest BCUT2D eigenvalue weighted by atomic mass is 16.2. The molecule has 4 heteroatoms. The fourth-order valence-electron chi connectivity index (χ4n) is 2.14. The van der Waals surface area contributed by atoms with Crippen LogP contribution in [0.5, 0.6) is 0 Å². The molecule has 1 aliphatic heterocycles. The molecule has 0 aromatic carbocycles. The van der Waals surface area contributed by atoms with Gasteiger partial charge in [0.1, 0.15) is 6.04 Å². The van der Waals surface area contributed by atoms with Gasteiger partial charge >= 0.3 is 0 Å².